The van der Waals surface area contributed by atoms with Gasteiger partial charge in [0, 0.05) is 12.1 Å². The van der Waals surface area contributed by atoms with Crippen molar-refractivity contribution in [1.82, 2.24) is 10.6 Å². The lowest BCUT2D eigenvalue weighted by Crippen LogP contribution is -2.56. The molecule has 1 atom stereocenters. The van der Waals surface area contributed by atoms with E-state index in [0.717, 1.165) is 0 Å². The van der Waals surface area contributed by atoms with Crippen molar-refractivity contribution in [2.75, 3.05) is 12.4 Å². The molecule has 0 bridgehead atoms. The molecule has 1 aromatic carbocycles. The van der Waals surface area contributed by atoms with Crippen LogP contribution in [0.5, 0.6) is 0 Å². The monoisotopic (exact) mass is 439 g/mol. The van der Waals surface area contributed by atoms with E-state index in [0.29, 0.717) is 11.3 Å². The summed E-state index contributed by atoms with van der Waals surface area (Å²) in [6, 6.07) is 6.44. The van der Waals surface area contributed by atoms with Gasteiger partial charge in [0.1, 0.15) is 6.17 Å². The van der Waals surface area contributed by atoms with E-state index in [1.165, 1.54) is 7.11 Å². The Bertz CT molecular complexity index is 648. The molecule has 1 amide bonds. The van der Waals surface area contributed by atoms with Gasteiger partial charge in [-0.3, -0.25) is 4.79 Å². The predicted octanol–water partition coefficient (Wildman–Crippen LogP) is 3.62. The maximum atomic E-state index is 11.9. The fraction of sp³-hybridized carbons (Fsp3) is 0.438. The molecule has 0 saturated heterocycles. The van der Waals surface area contributed by atoms with Crippen molar-refractivity contribution >= 4 is 69.7 Å². The standard InChI is InChI=1S/C16H20Cl3N3O3S/c1-9(2)8-12(23)21-14(16(17,18)19)22-15(26)20-11-6-4-10(5-7-11)13(24)25-3/h4-7,9,14H,8H2,1-3H3,(H,21,23)(H2,20,22,26). The van der Waals surface area contributed by atoms with Gasteiger partial charge in [0.2, 0.25) is 9.70 Å². The van der Waals surface area contributed by atoms with Crippen LogP contribution in [-0.2, 0) is 9.53 Å². The lowest BCUT2D eigenvalue weighted by atomic mass is 10.1. The molecule has 0 aliphatic rings. The third-order valence-electron chi connectivity index (χ3n) is 3.07. The zero-order valence-corrected chi connectivity index (χ0v) is 17.5. The van der Waals surface area contributed by atoms with E-state index in [4.69, 9.17) is 47.0 Å². The maximum absolute atomic E-state index is 11.9. The highest BCUT2D eigenvalue weighted by Gasteiger charge is 2.34. The molecule has 0 aromatic heterocycles. The minimum atomic E-state index is -1.81. The maximum Gasteiger partial charge on any atom is 0.337 e. The van der Waals surface area contributed by atoms with Crippen LogP contribution in [0.15, 0.2) is 24.3 Å². The van der Waals surface area contributed by atoms with Gasteiger partial charge in [-0.25, -0.2) is 4.79 Å². The third kappa shape index (κ3) is 7.95. The van der Waals surface area contributed by atoms with Crippen molar-refractivity contribution in [3.8, 4) is 0 Å². The van der Waals surface area contributed by atoms with Crippen LogP contribution in [0.3, 0.4) is 0 Å². The second kappa shape index (κ2) is 10.2. The second-order valence-corrected chi connectivity index (χ2v) is 8.58. The van der Waals surface area contributed by atoms with Crippen LogP contribution in [0.4, 0.5) is 5.69 Å². The molecule has 0 saturated carbocycles. The number of nitrogens with one attached hydrogen (secondary N) is 3. The Balaban J connectivity index is 2.72. The van der Waals surface area contributed by atoms with E-state index in [1.807, 2.05) is 13.8 Å². The van der Waals surface area contributed by atoms with Crippen molar-refractivity contribution in [3.05, 3.63) is 29.8 Å². The van der Waals surface area contributed by atoms with Crippen LogP contribution < -0.4 is 16.0 Å². The average Bonchev–Trinajstić information content (AvgIpc) is 2.52. The molecule has 1 rings (SSSR count). The molecule has 6 nitrogen and oxygen atoms in total. The van der Waals surface area contributed by atoms with Crippen molar-refractivity contribution < 1.29 is 14.3 Å². The summed E-state index contributed by atoms with van der Waals surface area (Å²) in [6.45, 7) is 3.81. The number of carbonyl (C=O) groups excluding carboxylic acids is 2. The van der Waals surface area contributed by atoms with Crippen molar-refractivity contribution in [2.24, 2.45) is 5.92 Å². The Morgan fingerprint density at radius 3 is 2.19 bits per heavy atom. The Morgan fingerprint density at radius 1 is 1.15 bits per heavy atom. The fourth-order valence-electron chi connectivity index (χ4n) is 1.90. The summed E-state index contributed by atoms with van der Waals surface area (Å²) in [5.74, 6) is -0.556. The molecule has 0 aliphatic carbocycles. The van der Waals surface area contributed by atoms with Crippen molar-refractivity contribution in [2.45, 2.75) is 30.2 Å². The number of ether oxygens (including phenoxy) is 1. The first-order valence-electron chi connectivity index (χ1n) is 7.65. The quantitative estimate of drug-likeness (QED) is 0.271. The SMILES string of the molecule is COC(=O)c1ccc(NC(=S)NC(NC(=O)CC(C)C)C(Cl)(Cl)Cl)cc1. The minimum Gasteiger partial charge on any atom is -0.465 e. The lowest BCUT2D eigenvalue weighted by molar-refractivity contribution is -0.122. The average molecular weight is 441 g/mol. The largest absolute Gasteiger partial charge is 0.465 e. The zero-order chi connectivity index (χ0) is 19.9. The fourth-order valence-corrected chi connectivity index (χ4v) is 2.46. The summed E-state index contributed by atoms with van der Waals surface area (Å²) in [5.41, 5.74) is 1.00. The molecular weight excluding hydrogens is 421 g/mol. The molecule has 10 heteroatoms. The van der Waals surface area contributed by atoms with Gasteiger partial charge in [0.25, 0.3) is 0 Å². The number of hydrogen-bond donors (Lipinski definition) is 3. The highest BCUT2D eigenvalue weighted by Crippen LogP contribution is 2.29. The highest BCUT2D eigenvalue weighted by atomic mass is 35.6. The van der Waals surface area contributed by atoms with Crippen LogP contribution in [0.25, 0.3) is 0 Å². The number of benzene rings is 1. The molecule has 26 heavy (non-hydrogen) atoms. The predicted molar refractivity (Wildman–Crippen MR) is 109 cm³/mol. The topological polar surface area (TPSA) is 79.5 Å². The molecule has 1 unspecified atom stereocenters. The van der Waals surface area contributed by atoms with Crippen molar-refractivity contribution in [1.29, 1.82) is 0 Å². The number of anilines is 1. The van der Waals surface area contributed by atoms with Crippen LogP contribution >= 0.6 is 47.0 Å². The number of carbonyl (C=O) groups is 2. The molecular formula is C16H20Cl3N3O3S. The lowest BCUT2D eigenvalue weighted by Gasteiger charge is -2.28. The number of alkyl halides is 3. The van der Waals surface area contributed by atoms with Gasteiger partial charge in [-0.2, -0.15) is 0 Å². The number of halogens is 3. The van der Waals surface area contributed by atoms with E-state index in [-0.39, 0.29) is 23.4 Å². The van der Waals surface area contributed by atoms with Gasteiger partial charge < -0.3 is 20.7 Å². The Kier molecular flexibility index (Phi) is 8.89. The molecule has 144 valence electrons. The molecule has 0 aliphatic heterocycles. The van der Waals surface area contributed by atoms with E-state index in [1.54, 1.807) is 24.3 Å². The first kappa shape index (κ1) is 22.8. The smallest absolute Gasteiger partial charge is 0.337 e. The van der Waals surface area contributed by atoms with Gasteiger partial charge in [-0.15, -0.1) is 0 Å². The number of methoxy groups -OCH3 is 1. The van der Waals surface area contributed by atoms with E-state index in [9.17, 15) is 9.59 Å². The first-order chi connectivity index (χ1) is 12.0. The summed E-state index contributed by atoms with van der Waals surface area (Å²) in [6.07, 6.45) is -0.734. The number of rotatable bonds is 6. The summed E-state index contributed by atoms with van der Waals surface area (Å²) in [7, 11) is 1.30. The summed E-state index contributed by atoms with van der Waals surface area (Å²) >= 11 is 22.9. The zero-order valence-electron chi connectivity index (χ0n) is 14.4. The van der Waals surface area contributed by atoms with Gasteiger partial charge in [0.05, 0.1) is 12.7 Å². The third-order valence-corrected chi connectivity index (χ3v) is 3.94. The molecule has 3 N–H and O–H groups in total. The van der Waals surface area contributed by atoms with Crippen LogP contribution in [0.1, 0.15) is 30.6 Å². The number of thiocarbonyl (C=S) groups is 1. The van der Waals surface area contributed by atoms with Gasteiger partial charge in [0.15, 0.2) is 5.11 Å². The van der Waals surface area contributed by atoms with E-state index >= 15 is 0 Å². The Labute approximate surface area is 172 Å². The van der Waals surface area contributed by atoms with E-state index < -0.39 is 15.9 Å². The van der Waals surface area contributed by atoms with Crippen LogP contribution in [0.2, 0.25) is 0 Å². The molecule has 0 fully saturated rings. The molecule has 0 radical (unpaired) electrons. The Hall–Kier alpha value is -1.28. The van der Waals surface area contributed by atoms with Crippen LogP contribution in [0, 0.1) is 5.92 Å². The molecule has 1 aromatic rings. The van der Waals surface area contributed by atoms with Gasteiger partial charge in [-0.05, 0) is 42.4 Å². The molecule has 0 heterocycles. The minimum absolute atomic E-state index is 0.136. The van der Waals surface area contributed by atoms with E-state index in [2.05, 4.69) is 20.7 Å². The van der Waals surface area contributed by atoms with Crippen LogP contribution in [-0.4, -0.2) is 34.1 Å². The first-order valence-corrected chi connectivity index (χ1v) is 9.19. The number of amides is 1. The van der Waals surface area contributed by atoms with Gasteiger partial charge in [-0.1, -0.05) is 48.7 Å². The van der Waals surface area contributed by atoms with Gasteiger partial charge >= 0.3 is 5.97 Å². The number of esters is 1. The normalized spacial score (nSPS) is 12.3. The second-order valence-electron chi connectivity index (χ2n) is 5.81. The number of hydrogen-bond acceptors (Lipinski definition) is 4. The summed E-state index contributed by atoms with van der Waals surface area (Å²) in [5, 5.41) is 8.38. The van der Waals surface area contributed by atoms with Crippen molar-refractivity contribution in [3.63, 3.8) is 0 Å². The summed E-state index contributed by atoms with van der Waals surface area (Å²) < 4.78 is 2.82. The summed E-state index contributed by atoms with van der Waals surface area (Å²) in [4.78, 5) is 23.4. The Morgan fingerprint density at radius 2 is 1.73 bits per heavy atom. The molecule has 0 spiro atoms. The highest BCUT2D eigenvalue weighted by molar-refractivity contribution is 7.80.